The van der Waals surface area contributed by atoms with E-state index in [0.29, 0.717) is 11.7 Å². The molecule has 0 spiro atoms. The monoisotopic (exact) mass is 579 g/mol. The zero-order valence-electron chi connectivity index (χ0n) is 22.2. The molecule has 2 aromatic carbocycles. The van der Waals surface area contributed by atoms with E-state index in [-0.39, 0.29) is 32.7 Å². The predicted octanol–water partition coefficient (Wildman–Crippen LogP) is 5.53. The molecular weight excluding hydrogens is 547 g/mol. The molecule has 191 valence electrons. The van der Waals surface area contributed by atoms with E-state index in [1.165, 1.54) is 19.2 Å². The van der Waals surface area contributed by atoms with Gasteiger partial charge in [-0.25, -0.2) is 14.5 Å². The summed E-state index contributed by atoms with van der Waals surface area (Å²) in [6.45, 7) is 3.24. The van der Waals surface area contributed by atoms with Gasteiger partial charge in [-0.05, 0) is 75.0 Å². The predicted molar refractivity (Wildman–Crippen MR) is 148 cm³/mol. The fraction of sp³-hybridized carbons (Fsp3) is 0.333. The van der Waals surface area contributed by atoms with Crippen LogP contribution in [0.5, 0.6) is 0 Å². The number of nitrogens with zero attached hydrogens (tertiary/aromatic N) is 6. The third-order valence-corrected chi connectivity index (χ3v) is 7.67. The van der Waals surface area contributed by atoms with Crippen molar-refractivity contribution in [2.24, 2.45) is 5.92 Å². The van der Waals surface area contributed by atoms with Crippen LogP contribution in [0.4, 0.5) is 5.82 Å². The molecule has 0 aliphatic heterocycles. The van der Waals surface area contributed by atoms with Gasteiger partial charge in [-0.3, -0.25) is 0 Å². The van der Waals surface area contributed by atoms with Crippen molar-refractivity contribution >= 4 is 22.2 Å². The molecule has 6 rings (SSSR count). The maximum Gasteiger partial charge on any atom is 0.153 e. The number of pyridine rings is 1. The number of aryl methyl sites for hydroxylation is 1. The molecule has 0 bridgehead atoms. The number of aromatic nitrogens is 5. The van der Waals surface area contributed by atoms with E-state index in [1.54, 1.807) is 0 Å². The summed E-state index contributed by atoms with van der Waals surface area (Å²) in [5.74, 6) is 2.52. The Balaban J connectivity index is 0.00000294. The van der Waals surface area contributed by atoms with Crippen LogP contribution in [0, 0.1) is 18.9 Å². The van der Waals surface area contributed by atoms with Crippen molar-refractivity contribution in [1.29, 1.82) is 0 Å². The smallest absolute Gasteiger partial charge is 0.153 e. The van der Waals surface area contributed by atoms with Gasteiger partial charge in [0.2, 0.25) is 0 Å². The van der Waals surface area contributed by atoms with E-state index in [2.05, 4.69) is 66.3 Å². The molecule has 1 aliphatic carbocycles. The van der Waals surface area contributed by atoms with Crippen LogP contribution in [0.1, 0.15) is 43.0 Å². The van der Waals surface area contributed by atoms with Crippen LogP contribution >= 0.6 is 0 Å². The maximum absolute atomic E-state index is 6.44. The normalized spacial score (nSPS) is 17.7. The first-order chi connectivity index (χ1) is 18.0. The Morgan fingerprint density at radius 3 is 2.53 bits per heavy atom. The quantitative estimate of drug-likeness (QED) is 0.276. The minimum atomic E-state index is 0. The van der Waals surface area contributed by atoms with Gasteiger partial charge in [-0.15, -0.1) is 23.6 Å². The van der Waals surface area contributed by atoms with Gasteiger partial charge in [-0.2, -0.15) is 5.10 Å². The van der Waals surface area contributed by atoms with Gasteiger partial charge < -0.3 is 15.6 Å². The molecular formula is C30H32N7Y-. The summed E-state index contributed by atoms with van der Waals surface area (Å²) in [5.41, 5.74) is 13.0. The summed E-state index contributed by atoms with van der Waals surface area (Å²) in [6, 6.07) is 19.8. The Bertz CT molecular complexity index is 1570. The number of fused-ring (bicyclic) bond motifs is 2. The molecule has 1 fully saturated rings. The molecule has 38 heavy (non-hydrogen) atoms. The number of imidazole rings is 1. The van der Waals surface area contributed by atoms with Crippen molar-refractivity contribution in [3.63, 3.8) is 0 Å². The van der Waals surface area contributed by atoms with Gasteiger partial charge >= 0.3 is 0 Å². The van der Waals surface area contributed by atoms with Crippen molar-refractivity contribution in [3.05, 3.63) is 72.3 Å². The first-order valence-electron chi connectivity index (χ1n) is 13.0. The zero-order valence-corrected chi connectivity index (χ0v) is 25.1. The average Bonchev–Trinajstić information content (AvgIpc) is 3.30. The molecule has 1 saturated carbocycles. The van der Waals surface area contributed by atoms with Crippen LogP contribution in [0.15, 0.2) is 54.9 Å². The van der Waals surface area contributed by atoms with Gasteiger partial charge in [-0.1, -0.05) is 42.0 Å². The number of rotatable bonds is 5. The van der Waals surface area contributed by atoms with Gasteiger partial charge in [0.25, 0.3) is 0 Å². The van der Waals surface area contributed by atoms with Gasteiger partial charge in [0.1, 0.15) is 23.4 Å². The fourth-order valence-electron chi connectivity index (χ4n) is 5.82. The minimum absolute atomic E-state index is 0. The van der Waals surface area contributed by atoms with E-state index < -0.39 is 0 Å². The van der Waals surface area contributed by atoms with Crippen LogP contribution in [0.2, 0.25) is 0 Å². The molecule has 3 heterocycles. The van der Waals surface area contributed by atoms with Crippen molar-refractivity contribution < 1.29 is 32.7 Å². The average molecular weight is 580 g/mol. The third-order valence-electron chi connectivity index (χ3n) is 7.67. The van der Waals surface area contributed by atoms with Crippen molar-refractivity contribution in [2.75, 3.05) is 26.4 Å². The van der Waals surface area contributed by atoms with Gasteiger partial charge in [0.15, 0.2) is 5.82 Å². The molecule has 7 nitrogen and oxygen atoms in total. The maximum atomic E-state index is 6.44. The minimum Gasteiger partial charge on any atom is -0.382 e. The molecule has 0 saturated heterocycles. The Morgan fingerprint density at radius 2 is 1.79 bits per heavy atom. The Morgan fingerprint density at radius 1 is 1.03 bits per heavy atom. The second kappa shape index (κ2) is 11.2. The van der Waals surface area contributed by atoms with Crippen molar-refractivity contribution in [2.45, 2.75) is 38.5 Å². The topological polar surface area (TPSA) is 85.2 Å². The van der Waals surface area contributed by atoms with Crippen LogP contribution in [-0.4, -0.2) is 50.1 Å². The van der Waals surface area contributed by atoms with Gasteiger partial charge in [0.05, 0.1) is 0 Å². The molecule has 0 atom stereocenters. The summed E-state index contributed by atoms with van der Waals surface area (Å²) < 4.78 is 1.93. The molecule has 1 radical (unpaired) electrons. The number of nitrogen functional groups attached to an aromatic ring is 1. The van der Waals surface area contributed by atoms with Crippen LogP contribution in [0.3, 0.4) is 0 Å². The number of nitrogens with two attached hydrogens (primary N) is 1. The molecule has 2 N–H and O–H groups in total. The first-order valence-corrected chi connectivity index (χ1v) is 13.0. The van der Waals surface area contributed by atoms with Gasteiger partial charge in [0, 0.05) is 45.2 Å². The van der Waals surface area contributed by atoms with Crippen LogP contribution in [-0.2, 0) is 32.7 Å². The second-order valence-electron chi connectivity index (χ2n) is 10.5. The van der Waals surface area contributed by atoms with Crippen LogP contribution < -0.4 is 5.73 Å². The molecule has 0 amide bonds. The number of hydrogen-bond acceptors (Lipinski definition) is 6. The zero-order chi connectivity index (χ0) is 25.5. The molecule has 5 aromatic rings. The first kappa shape index (κ1) is 26.9. The third kappa shape index (κ3) is 4.99. The summed E-state index contributed by atoms with van der Waals surface area (Å²) in [6.07, 6.45) is 6.14. The van der Waals surface area contributed by atoms with Crippen LogP contribution in [0.25, 0.3) is 38.9 Å². The molecule has 1 aliphatic rings. The van der Waals surface area contributed by atoms with E-state index >= 15 is 0 Å². The SMILES string of the molecule is Cc1c(-c2nc(C3CCC(CN(C)C)CC3)n3ncnc(N)c23)ccc2[c-]cc(-c3ccccc3)nc12.[Y]. The Hall–Kier alpha value is -2.74. The number of hydrogen-bond donors (Lipinski definition) is 1. The molecule has 0 unspecified atom stereocenters. The number of benzene rings is 2. The largest absolute Gasteiger partial charge is 0.382 e. The standard InChI is InChI=1S/C30H32N7.Y/c1-19-24(15-13-22-14-16-25(34-26(19)22)21-7-5-4-6-8-21)27-28-29(31)32-18-33-37(28)30(35-27)23-11-9-20(10-12-23)17-36(2)3;/h4-8,13,15-16,18,20,23H,9-12,17H2,1-3H3,(H2,31,32,33);/q-1;. The second-order valence-corrected chi connectivity index (χ2v) is 10.5. The summed E-state index contributed by atoms with van der Waals surface area (Å²) in [5, 5.41) is 5.59. The van der Waals surface area contributed by atoms with Crippen molar-refractivity contribution in [1.82, 2.24) is 29.5 Å². The molecule has 8 heteroatoms. The summed E-state index contributed by atoms with van der Waals surface area (Å²) >= 11 is 0. The molecule has 3 aromatic heterocycles. The van der Waals surface area contributed by atoms with E-state index in [1.807, 2.05) is 28.8 Å². The number of anilines is 1. The van der Waals surface area contributed by atoms with E-state index in [9.17, 15) is 0 Å². The Labute approximate surface area is 248 Å². The van der Waals surface area contributed by atoms with E-state index in [4.69, 9.17) is 15.7 Å². The van der Waals surface area contributed by atoms with Crippen molar-refractivity contribution in [3.8, 4) is 22.5 Å². The fourth-order valence-corrected chi connectivity index (χ4v) is 5.82. The Kier molecular flexibility index (Phi) is 7.89. The summed E-state index contributed by atoms with van der Waals surface area (Å²) in [4.78, 5) is 16.9. The van der Waals surface area contributed by atoms with E-state index in [0.717, 1.165) is 75.6 Å². The summed E-state index contributed by atoms with van der Waals surface area (Å²) in [7, 11) is 4.31.